The number of quaternary nitrogens is 1. The van der Waals surface area contributed by atoms with Crippen molar-refractivity contribution in [1.82, 2.24) is 0 Å². The Morgan fingerprint density at radius 2 is 2.05 bits per heavy atom. The second-order valence-electron chi connectivity index (χ2n) is 5.35. The van der Waals surface area contributed by atoms with E-state index in [4.69, 9.17) is 11.6 Å². The molecular weight excluding hydrogens is 262 g/mol. The number of nitrogens with one attached hydrogen (secondary N) is 1. The fraction of sp³-hybridized carbons (Fsp3) is 0.533. The molecule has 0 amide bonds. The molecule has 0 aromatic heterocycles. The number of aliphatic carboxylic acids is 1. The van der Waals surface area contributed by atoms with E-state index in [1.165, 1.54) is 19.3 Å². The number of carbonyl (C=O) groups is 1. The Kier molecular flexibility index (Phi) is 5.23. The molecule has 1 N–H and O–H groups in total. The predicted molar refractivity (Wildman–Crippen MR) is 72.9 cm³/mol. The van der Waals surface area contributed by atoms with Crippen LogP contribution < -0.4 is 10.0 Å². The summed E-state index contributed by atoms with van der Waals surface area (Å²) in [7, 11) is 0. The number of rotatable bonds is 5. The fourth-order valence-electron chi connectivity index (χ4n) is 2.96. The van der Waals surface area contributed by atoms with Crippen molar-refractivity contribution in [3.63, 3.8) is 0 Å². The molecule has 1 fully saturated rings. The van der Waals surface area contributed by atoms with Crippen molar-refractivity contribution in [1.29, 1.82) is 0 Å². The van der Waals surface area contributed by atoms with Gasteiger partial charge in [-0.1, -0.05) is 30.2 Å². The minimum atomic E-state index is -0.970. The van der Waals surface area contributed by atoms with Crippen LogP contribution in [-0.2, 0) is 11.3 Å². The van der Waals surface area contributed by atoms with E-state index in [1.807, 2.05) is 24.3 Å². The highest BCUT2D eigenvalue weighted by atomic mass is 35.5. The van der Waals surface area contributed by atoms with Gasteiger partial charge in [0.1, 0.15) is 13.1 Å². The minimum absolute atomic E-state index is 0.0805. The van der Waals surface area contributed by atoms with Gasteiger partial charge in [0, 0.05) is 10.6 Å². The van der Waals surface area contributed by atoms with E-state index in [2.05, 4.69) is 0 Å². The molecule has 104 valence electrons. The average Bonchev–Trinajstić information content (AvgIpc) is 2.38. The highest BCUT2D eigenvalue weighted by Crippen LogP contribution is 2.16. The number of hydrogen-bond acceptors (Lipinski definition) is 2. The number of carbonyl (C=O) groups excluding carboxylic acids is 1. The van der Waals surface area contributed by atoms with Crippen LogP contribution in [0.15, 0.2) is 24.3 Å². The molecule has 1 aromatic carbocycles. The van der Waals surface area contributed by atoms with E-state index in [0.29, 0.717) is 17.6 Å². The van der Waals surface area contributed by atoms with Gasteiger partial charge in [0.15, 0.2) is 0 Å². The minimum Gasteiger partial charge on any atom is -0.544 e. The van der Waals surface area contributed by atoms with E-state index in [1.54, 1.807) is 0 Å². The summed E-state index contributed by atoms with van der Waals surface area (Å²) < 4.78 is 0. The van der Waals surface area contributed by atoms with E-state index < -0.39 is 5.97 Å². The van der Waals surface area contributed by atoms with E-state index in [0.717, 1.165) is 23.3 Å². The molecule has 0 bridgehead atoms. The van der Waals surface area contributed by atoms with Gasteiger partial charge in [-0.3, -0.25) is 0 Å². The monoisotopic (exact) mass is 281 g/mol. The van der Waals surface area contributed by atoms with Gasteiger partial charge >= 0.3 is 0 Å². The topological polar surface area (TPSA) is 44.6 Å². The molecule has 0 saturated heterocycles. The first-order valence-corrected chi connectivity index (χ1v) is 7.32. The molecule has 1 aliphatic carbocycles. The standard InChI is InChI=1S/C15H20ClNO2/c16-13-6-4-5-12(9-13)10-17(11-15(18)19)14-7-2-1-3-8-14/h4-6,9,14H,1-3,7-8,10-11H2,(H,18,19). The first kappa shape index (κ1) is 14.4. The summed E-state index contributed by atoms with van der Waals surface area (Å²) in [6, 6.07) is 8.11. The number of carboxylic acids is 1. The molecule has 1 aromatic rings. The zero-order valence-electron chi connectivity index (χ0n) is 11.0. The van der Waals surface area contributed by atoms with Crippen LogP contribution in [0.25, 0.3) is 0 Å². The van der Waals surface area contributed by atoms with Crippen LogP contribution in [0.3, 0.4) is 0 Å². The molecular formula is C15H20ClNO2. The Hall–Kier alpha value is -1.06. The maximum atomic E-state index is 11.0. The van der Waals surface area contributed by atoms with Crippen molar-refractivity contribution in [2.75, 3.05) is 6.54 Å². The molecule has 0 radical (unpaired) electrons. The lowest BCUT2D eigenvalue weighted by Gasteiger charge is -2.31. The molecule has 1 unspecified atom stereocenters. The van der Waals surface area contributed by atoms with Crippen LogP contribution in [0.4, 0.5) is 0 Å². The Morgan fingerprint density at radius 3 is 2.68 bits per heavy atom. The highest BCUT2D eigenvalue weighted by molar-refractivity contribution is 6.30. The zero-order chi connectivity index (χ0) is 13.7. The lowest BCUT2D eigenvalue weighted by atomic mass is 9.94. The van der Waals surface area contributed by atoms with Crippen molar-refractivity contribution < 1.29 is 14.8 Å². The molecule has 1 saturated carbocycles. The maximum Gasteiger partial charge on any atom is 0.118 e. The fourth-order valence-corrected chi connectivity index (χ4v) is 3.17. The summed E-state index contributed by atoms with van der Waals surface area (Å²) >= 11 is 5.98. The van der Waals surface area contributed by atoms with E-state index >= 15 is 0 Å². The molecule has 3 nitrogen and oxygen atoms in total. The third kappa shape index (κ3) is 4.51. The van der Waals surface area contributed by atoms with Gasteiger partial charge in [-0.15, -0.1) is 0 Å². The Labute approximate surface area is 119 Å². The van der Waals surface area contributed by atoms with Crippen LogP contribution >= 0.6 is 11.6 Å². The van der Waals surface area contributed by atoms with Gasteiger partial charge in [-0.2, -0.15) is 0 Å². The van der Waals surface area contributed by atoms with E-state index in [-0.39, 0.29) is 6.54 Å². The molecule has 0 spiro atoms. The molecule has 1 atom stereocenters. The first-order valence-electron chi connectivity index (χ1n) is 6.94. The first-order chi connectivity index (χ1) is 9.15. The number of benzene rings is 1. The number of hydrogen-bond donors (Lipinski definition) is 1. The normalized spacial score (nSPS) is 18.2. The Balaban J connectivity index is 2.06. The summed E-state index contributed by atoms with van der Waals surface area (Å²) in [5.41, 5.74) is 1.09. The van der Waals surface area contributed by atoms with Crippen LogP contribution in [0.2, 0.25) is 5.02 Å². The van der Waals surface area contributed by atoms with E-state index in [9.17, 15) is 9.90 Å². The zero-order valence-corrected chi connectivity index (χ0v) is 11.8. The molecule has 0 heterocycles. The molecule has 2 rings (SSSR count). The summed E-state index contributed by atoms with van der Waals surface area (Å²) in [5.74, 6) is -0.970. The summed E-state index contributed by atoms with van der Waals surface area (Å²) in [5, 5.41) is 11.7. The summed E-state index contributed by atoms with van der Waals surface area (Å²) in [6.45, 7) is 0.788. The largest absolute Gasteiger partial charge is 0.544 e. The molecule has 0 aliphatic heterocycles. The third-order valence-corrected chi connectivity index (χ3v) is 4.11. The highest BCUT2D eigenvalue weighted by Gasteiger charge is 2.24. The summed E-state index contributed by atoms with van der Waals surface area (Å²) in [6.07, 6.45) is 5.91. The molecule has 1 aliphatic rings. The lowest BCUT2D eigenvalue weighted by molar-refractivity contribution is -0.934. The van der Waals surface area contributed by atoms with Crippen LogP contribution in [0, 0.1) is 0 Å². The lowest BCUT2D eigenvalue weighted by Crippen LogP contribution is -3.15. The van der Waals surface area contributed by atoms with Crippen molar-refractivity contribution in [2.24, 2.45) is 0 Å². The van der Waals surface area contributed by atoms with Gasteiger partial charge in [-0.25, -0.2) is 0 Å². The summed E-state index contributed by atoms with van der Waals surface area (Å²) in [4.78, 5) is 12.1. The van der Waals surface area contributed by atoms with Crippen molar-refractivity contribution in [3.8, 4) is 0 Å². The van der Waals surface area contributed by atoms with Crippen molar-refractivity contribution >= 4 is 17.6 Å². The molecule has 19 heavy (non-hydrogen) atoms. The van der Waals surface area contributed by atoms with Gasteiger partial charge in [0.25, 0.3) is 0 Å². The second-order valence-corrected chi connectivity index (χ2v) is 5.79. The third-order valence-electron chi connectivity index (χ3n) is 3.87. The van der Waals surface area contributed by atoms with Gasteiger partial charge in [-0.05, 0) is 37.8 Å². The number of carboxylic acid groups (broad SMARTS) is 1. The van der Waals surface area contributed by atoms with Gasteiger partial charge < -0.3 is 14.8 Å². The number of halogens is 1. The average molecular weight is 282 g/mol. The van der Waals surface area contributed by atoms with Crippen molar-refractivity contribution in [3.05, 3.63) is 34.9 Å². The SMILES string of the molecule is O=C([O-])C[NH+](Cc1cccc(Cl)c1)C1CCCCC1. The maximum absolute atomic E-state index is 11.0. The van der Waals surface area contributed by atoms with Gasteiger partial charge in [0.05, 0.1) is 12.0 Å². The van der Waals surface area contributed by atoms with Gasteiger partial charge in [0.2, 0.25) is 0 Å². The quantitative estimate of drug-likeness (QED) is 0.868. The van der Waals surface area contributed by atoms with Crippen LogP contribution in [-0.4, -0.2) is 18.6 Å². The van der Waals surface area contributed by atoms with Crippen LogP contribution in [0.1, 0.15) is 37.7 Å². The Morgan fingerprint density at radius 1 is 1.32 bits per heavy atom. The van der Waals surface area contributed by atoms with Crippen molar-refractivity contribution in [2.45, 2.75) is 44.7 Å². The predicted octanol–water partition coefficient (Wildman–Crippen LogP) is 0.808. The van der Waals surface area contributed by atoms with Crippen LogP contribution in [0.5, 0.6) is 0 Å². The Bertz CT molecular complexity index is 430. The smallest absolute Gasteiger partial charge is 0.118 e. The molecule has 4 heteroatoms. The second kappa shape index (κ2) is 6.92.